The summed E-state index contributed by atoms with van der Waals surface area (Å²) in [6.07, 6.45) is 8.16. The van der Waals surface area contributed by atoms with Crippen molar-refractivity contribution in [3.8, 4) is 0 Å². The Morgan fingerprint density at radius 1 is 1.07 bits per heavy atom. The smallest absolute Gasteiger partial charge is 0.264 e. The number of H-pyrrole nitrogens is 1. The second kappa shape index (κ2) is 8.42. The lowest BCUT2D eigenvalue weighted by atomic mass is 9.83. The van der Waals surface area contributed by atoms with Crippen LogP contribution in [0.5, 0.6) is 0 Å². The molecule has 4 heterocycles. The quantitative estimate of drug-likeness (QED) is 0.833. The van der Waals surface area contributed by atoms with Crippen molar-refractivity contribution >= 4 is 11.7 Å². The number of aromatic amines is 1. The Bertz CT molecular complexity index is 675. The molecule has 0 aliphatic carbocycles. The molecule has 3 saturated heterocycles. The van der Waals surface area contributed by atoms with Crippen LogP contribution in [0.1, 0.15) is 44.9 Å². The van der Waals surface area contributed by atoms with E-state index in [-0.39, 0.29) is 17.4 Å². The number of amides is 1. The summed E-state index contributed by atoms with van der Waals surface area (Å²) in [5.74, 6) is 1.72. The summed E-state index contributed by atoms with van der Waals surface area (Å²) in [4.78, 5) is 28.6. The van der Waals surface area contributed by atoms with Gasteiger partial charge in [-0.25, -0.2) is 5.10 Å². The molecule has 1 aromatic heterocycles. The van der Waals surface area contributed by atoms with Crippen molar-refractivity contribution < 1.29 is 4.79 Å². The molecule has 1 amide bonds. The van der Waals surface area contributed by atoms with E-state index in [0.29, 0.717) is 12.0 Å². The van der Waals surface area contributed by atoms with Crippen LogP contribution in [0.4, 0.5) is 5.82 Å². The van der Waals surface area contributed by atoms with Crippen LogP contribution in [-0.2, 0) is 4.79 Å². The molecule has 0 aromatic carbocycles. The Kier molecular flexibility index (Phi) is 5.76. The molecule has 7 heteroatoms. The summed E-state index contributed by atoms with van der Waals surface area (Å²) >= 11 is 0. The number of hydrogen-bond donors (Lipinski definition) is 2. The monoisotopic (exact) mass is 373 g/mol. The molecule has 3 fully saturated rings. The van der Waals surface area contributed by atoms with E-state index in [9.17, 15) is 9.59 Å². The first-order valence-corrected chi connectivity index (χ1v) is 10.5. The van der Waals surface area contributed by atoms with E-state index in [2.05, 4.69) is 25.3 Å². The summed E-state index contributed by atoms with van der Waals surface area (Å²) in [7, 11) is 0. The first-order valence-electron chi connectivity index (χ1n) is 10.5. The van der Waals surface area contributed by atoms with Gasteiger partial charge in [0, 0.05) is 37.7 Å². The van der Waals surface area contributed by atoms with Crippen molar-refractivity contribution in [3.05, 3.63) is 22.5 Å². The van der Waals surface area contributed by atoms with E-state index in [4.69, 9.17) is 0 Å². The van der Waals surface area contributed by atoms with Crippen LogP contribution >= 0.6 is 0 Å². The van der Waals surface area contributed by atoms with Gasteiger partial charge in [0.2, 0.25) is 5.91 Å². The minimum Gasteiger partial charge on any atom is -0.356 e. The van der Waals surface area contributed by atoms with Crippen molar-refractivity contribution in [1.82, 2.24) is 20.4 Å². The summed E-state index contributed by atoms with van der Waals surface area (Å²) in [5.41, 5.74) is -0.188. The van der Waals surface area contributed by atoms with E-state index in [1.807, 2.05) is 0 Å². The normalized spacial score (nSPS) is 27.2. The molecule has 3 aliphatic heterocycles. The third kappa shape index (κ3) is 4.34. The molecule has 0 spiro atoms. The summed E-state index contributed by atoms with van der Waals surface area (Å²) in [5, 5.41) is 9.84. The molecule has 2 N–H and O–H groups in total. The number of aromatic nitrogens is 2. The van der Waals surface area contributed by atoms with Crippen molar-refractivity contribution in [2.24, 2.45) is 11.8 Å². The number of piperidine rings is 3. The van der Waals surface area contributed by atoms with E-state index >= 15 is 0 Å². The number of rotatable bonds is 4. The zero-order valence-electron chi connectivity index (χ0n) is 16.0. The Morgan fingerprint density at radius 2 is 1.89 bits per heavy atom. The Balaban J connectivity index is 1.24. The van der Waals surface area contributed by atoms with Gasteiger partial charge in [-0.05, 0) is 63.6 Å². The number of nitrogens with one attached hydrogen (secondary N) is 2. The second-order valence-electron chi connectivity index (χ2n) is 8.29. The van der Waals surface area contributed by atoms with Crippen LogP contribution in [0.3, 0.4) is 0 Å². The fraction of sp³-hybridized carbons (Fsp3) is 0.750. The fourth-order valence-electron chi connectivity index (χ4n) is 5.08. The minimum atomic E-state index is -0.188. The number of nitrogens with zero attached hydrogens (tertiary/aromatic N) is 3. The molecule has 4 rings (SSSR count). The van der Waals surface area contributed by atoms with E-state index in [1.54, 1.807) is 6.07 Å². The number of hydrogen-bond acceptors (Lipinski definition) is 5. The molecule has 1 aromatic rings. The Labute approximate surface area is 160 Å². The molecule has 0 saturated carbocycles. The van der Waals surface area contributed by atoms with E-state index in [0.717, 1.165) is 38.3 Å². The molecule has 2 atom stereocenters. The van der Waals surface area contributed by atoms with E-state index < -0.39 is 0 Å². The van der Waals surface area contributed by atoms with Gasteiger partial charge in [0.1, 0.15) is 5.82 Å². The molecular formula is C20H31N5O2. The fourth-order valence-corrected chi connectivity index (χ4v) is 5.08. The van der Waals surface area contributed by atoms with Crippen molar-refractivity contribution in [2.45, 2.75) is 51.0 Å². The average Bonchev–Trinajstić information content (AvgIpc) is 2.72. The van der Waals surface area contributed by atoms with Crippen LogP contribution in [0.25, 0.3) is 0 Å². The summed E-state index contributed by atoms with van der Waals surface area (Å²) in [6, 6.07) is 3.93. The molecule has 0 unspecified atom stereocenters. The van der Waals surface area contributed by atoms with Crippen LogP contribution in [-0.4, -0.2) is 59.8 Å². The maximum atomic E-state index is 12.7. The number of anilines is 1. The zero-order valence-corrected chi connectivity index (χ0v) is 16.0. The number of carbonyl (C=O) groups is 1. The molecule has 27 heavy (non-hydrogen) atoms. The third-order valence-corrected chi connectivity index (χ3v) is 6.62. The van der Waals surface area contributed by atoms with Gasteiger partial charge in [-0.3, -0.25) is 9.59 Å². The first kappa shape index (κ1) is 18.5. The van der Waals surface area contributed by atoms with Crippen molar-refractivity contribution in [2.75, 3.05) is 37.6 Å². The van der Waals surface area contributed by atoms with Gasteiger partial charge in [0.25, 0.3) is 5.56 Å². The predicted octanol–water partition coefficient (Wildman–Crippen LogP) is 1.37. The van der Waals surface area contributed by atoms with Crippen LogP contribution < -0.4 is 15.8 Å². The largest absolute Gasteiger partial charge is 0.356 e. The highest BCUT2D eigenvalue weighted by Gasteiger charge is 2.33. The van der Waals surface area contributed by atoms with Crippen LogP contribution in [0.15, 0.2) is 16.9 Å². The molecule has 3 aliphatic rings. The zero-order chi connectivity index (χ0) is 18.6. The van der Waals surface area contributed by atoms with Gasteiger partial charge < -0.3 is 15.1 Å². The van der Waals surface area contributed by atoms with Gasteiger partial charge >= 0.3 is 0 Å². The van der Waals surface area contributed by atoms with Crippen molar-refractivity contribution in [1.29, 1.82) is 0 Å². The van der Waals surface area contributed by atoms with Gasteiger partial charge in [-0.1, -0.05) is 6.42 Å². The average molecular weight is 374 g/mol. The topological polar surface area (TPSA) is 81.3 Å². The summed E-state index contributed by atoms with van der Waals surface area (Å²) in [6.45, 7) is 4.92. The maximum Gasteiger partial charge on any atom is 0.264 e. The molecular weight excluding hydrogens is 342 g/mol. The van der Waals surface area contributed by atoms with E-state index in [1.165, 1.54) is 51.3 Å². The van der Waals surface area contributed by atoms with Gasteiger partial charge in [-0.2, -0.15) is 5.10 Å². The Morgan fingerprint density at radius 3 is 2.67 bits per heavy atom. The van der Waals surface area contributed by atoms with Crippen molar-refractivity contribution in [3.63, 3.8) is 0 Å². The lowest BCUT2D eigenvalue weighted by Crippen LogP contribution is -2.51. The first-order chi connectivity index (χ1) is 13.2. The second-order valence-corrected chi connectivity index (χ2v) is 8.29. The highest BCUT2D eigenvalue weighted by atomic mass is 16.2. The minimum absolute atomic E-state index is 0.0926. The third-order valence-electron chi connectivity index (χ3n) is 6.62. The predicted molar refractivity (Wildman–Crippen MR) is 105 cm³/mol. The number of carbonyl (C=O) groups excluding carboxylic acids is 1. The maximum absolute atomic E-state index is 12.7. The molecule has 148 valence electrons. The number of fused-ring (bicyclic) bond motifs is 1. The lowest BCUT2D eigenvalue weighted by molar-refractivity contribution is -0.126. The van der Waals surface area contributed by atoms with Gasteiger partial charge in [0.05, 0.1) is 0 Å². The lowest BCUT2D eigenvalue weighted by Gasteiger charge is -2.44. The summed E-state index contributed by atoms with van der Waals surface area (Å²) < 4.78 is 0. The highest BCUT2D eigenvalue weighted by Crippen LogP contribution is 2.30. The highest BCUT2D eigenvalue weighted by molar-refractivity contribution is 5.79. The molecule has 7 nitrogen and oxygen atoms in total. The van der Waals surface area contributed by atoms with Gasteiger partial charge in [-0.15, -0.1) is 0 Å². The SMILES string of the molecule is O=C(NC[C@H]1CCCN2CCCC[C@H]12)C1CCN(c2ccc(=O)[nH]n2)CC1. The standard InChI is InChI=1S/C20H31N5O2/c26-19-7-6-18(22-23-19)25-12-8-15(9-13-25)20(27)21-14-16-4-3-11-24-10-2-1-5-17(16)24/h6-7,15-17H,1-5,8-14H2,(H,21,27)(H,23,26)/t16-,17-/m1/s1. The van der Waals surface area contributed by atoms with Crippen LogP contribution in [0, 0.1) is 11.8 Å². The Hall–Kier alpha value is -1.89. The van der Waals surface area contributed by atoms with Crippen LogP contribution in [0.2, 0.25) is 0 Å². The van der Waals surface area contributed by atoms with Gasteiger partial charge in [0.15, 0.2) is 0 Å². The molecule has 0 bridgehead atoms. The molecule has 0 radical (unpaired) electrons.